The number of ether oxygens (including phenoxy) is 1. The number of halogens is 3. The summed E-state index contributed by atoms with van der Waals surface area (Å²) in [5.41, 5.74) is 3.24. The lowest BCUT2D eigenvalue weighted by Crippen LogP contribution is -2.31. The van der Waals surface area contributed by atoms with E-state index >= 15 is 0 Å². The van der Waals surface area contributed by atoms with Crippen LogP contribution in [0.1, 0.15) is 24.5 Å². The quantitative estimate of drug-likeness (QED) is 0.251. The Morgan fingerprint density at radius 2 is 1.98 bits per heavy atom. The van der Waals surface area contributed by atoms with Gasteiger partial charge in [0.15, 0.2) is 16.8 Å². The third kappa shape index (κ3) is 7.26. The van der Waals surface area contributed by atoms with Gasteiger partial charge in [-0.1, -0.05) is 31.2 Å². The van der Waals surface area contributed by atoms with Gasteiger partial charge in [0.05, 0.1) is 28.9 Å². The number of hydrogen-bond donors (Lipinski definition) is 1. The Bertz CT molecular complexity index is 1850. The number of nitrogens with one attached hydrogen (secondary N) is 1. The first-order chi connectivity index (χ1) is 22.0. The Kier molecular flexibility index (Phi) is 9.23. The van der Waals surface area contributed by atoms with Crippen LogP contribution in [0.3, 0.4) is 0 Å². The molecule has 1 fully saturated rings. The van der Waals surface area contributed by atoms with Gasteiger partial charge >= 0.3 is 12.4 Å². The van der Waals surface area contributed by atoms with Gasteiger partial charge in [0.25, 0.3) is 0 Å². The fourth-order valence-corrected chi connectivity index (χ4v) is 5.38. The molecule has 1 aliphatic rings. The predicted molar refractivity (Wildman–Crippen MR) is 167 cm³/mol. The van der Waals surface area contributed by atoms with E-state index in [-0.39, 0.29) is 39.7 Å². The highest BCUT2D eigenvalue weighted by atomic mass is 32.2. The third-order valence-corrected chi connectivity index (χ3v) is 7.55. The summed E-state index contributed by atoms with van der Waals surface area (Å²) in [6, 6.07) is 14.0. The number of benzene rings is 2. The van der Waals surface area contributed by atoms with Gasteiger partial charge in [-0.15, -0.1) is 18.3 Å². The van der Waals surface area contributed by atoms with Gasteiger partial charge < -0.3 is 15.0 Å². The van der Waals surface area contributed by atoms with Gasteiger partial charge in [0, 0.05) is 25.3 Å². The number of amides is 3. The second-order valence-corrected chi connectivity index (χ2v) is 11.0. The van der Waals surface area contributed by atoms with Crippen molar-refractivity contribution < 1.29 is 27.5 Å². The molecule has 0 spiro atoms. The lowest BCUT2D eigenvalue weighted by molar-refractivity contribution is -0.274. The molecule has 0 bridgehead atoms. The SMILES string of the molecule is CCCc1ccc(N(C)C)cc1N1C(=O)CS/C1=N\C(=O)Nc1ccc(-c2ncn(-c3ccc(OC(F)(F)F)cn3)n2)cc1C#N. The van der Waals surface area contributed by atoms with Crippen molar-refractivity contribution in [2.24, 2.45) is 4.99 Å². The summed E-state index contributed by atoms with van der Waals surface area (Å²) in [5.74, 6) is -0.165. The second kappa shape index (κ2) is 13.3. The van der Waals surface area contributed by atoms with Crippen molar-refractivity contribution >= 4 is 45.9 Å². The van der Waals surface area contributed by atoms with E-state index in [2.05, 4.69) is 30.1 Å². The summed E-state index contributed by atoms with van der Waals surface area (Å²) < 4.78 is 42.4. The molecule has 1 saturated heterocycles. The molecule has 0 atom stereocenters. The van der Waals surface area contributed by atoms with Crippen LogP contribution in [0, 0.1) is 11.3 Å². The lowest BCUT2D eigenvalue weighted by Gasteiger charge is -2.22. The van der Waals surface area contributed by atoms with E-state index in [0.717, 1.165) is 48.1 Å². The molecule has 0 aliphatic carbocycles. The number of amidine groups is 1. The molecule has 0 unspecified atom stereocenters. The average molecular weight is 650 g/mol. The predicted octanol–water partition coefficient (Wildman–Crippen LogP) is 5.79. The Morgan fingerprint density at radius 3 is 2.65 bits per heavy atom. The summed E-state index contributed by atoms with van der Waals surface area (Å²) in [7, 11) is 3.80. The number of carbonyl (C=O) groups excluding carboxylic acids is 2. The van der Waals surface area contributed by atoms with Crippen LogP contribution < -0.4 is 19.9 Å². The maximum Gasteiger partial charge on any atom is 0.573 e. The largest absolute Gasteiger partial charge is 0.573 e. The Morgan fingerprint density at radius 1 is 1.17 bits per heavy atom. The van der Waals surface area contributed by atoms with Crippen LogP contribution in [0.4, 0.5) is 35.0 Å². The van der Waals surface area contributed by atoms with Crippen LogP contribution in [0.25, 0.3) is 17.2 Å². The molecule has 3 amide bonds. The molecular formula is C30H26F3N9O3S. The number of rotatable bonds is 8. The van der Waals surface area contributed by atoms with E-state index in [9.17, 15) is 28.0 Å². The van der Waals surface area contributed by atoms with E-state index in [1.165, 1.54) is 34.1 Å². The van der Waals surface area contributed by atoms with Crippen LogP contribution in [-0.4, -0.2) is 63.1 Å². The maximum atomic E-state index is 13.0. The van der Waals surface area contributed by atoms with Gasteiger partial charge in [-0.05, 0) is 54.4 Å². The third-order valence-electron chi connectivity index (χ3n) is 6.63. The minimum absolute atomic E-state index is 0.102. The molecule has 3 heterocycles. The highest BCUT2D eigenvalue weighted by Crippen LogP contribution is 2.34. The van der Waals surface area contributed by atoms with Crippen molar-refractivity contribution in [2.75, 3.05) is 35.0 Å². The summed E-state index contributed by atoms with van der Waals surface area (Å²) in [4.78, 5) is 41.7. The van der Waals surface area contributed by atoms with Crippen LogP contribution in [-0.2, 0) is 11.2 Å². The highest BCUT2D eigenvalue weighted by molar-refractivity contribution is 8.15. The van der Waals surface area contributed by atoms with E-state index in [1.54, 1.807) is 6.07 Å². The van der Waals surface area contributed by atoms with E-state index in [0.29, 0.717) is 11.3 Å². The summed E-state index contributed by atoms with van der Waals surface area (Å²) in [5, 5.41) is 16.9. The van der Waals surface area contributed by atoms with Crippen molar-refractivity contribution in [3.63, 3.8) is 0 Å². The number of aryl methyl sites for hydroxylation is 1. The minimum Gasteiger partial charge on any atom is -0.404 e. The number of anilines is 3. The summed E-state index contributed by atoms with van der Waals surface area (Å²) in [6.45, 7) is 2.04. The van der Waals surface area contributed by atoms with Crippen LogP contribution in [0.15, 0.2) is 66.0 Å². The molecule has 2 aromatic carbocycles. The molecule has 4 aromatic rings. The summed E-state index contributed by atoms with van der Waals surface area (Å²) in [6.07, 6.45) is -1.02. The smallest absolute Gasteiger partial charge is 0.404 e. The molecule has 2 aromatic heterocycles. The number of thioether (sulfide) groups is 1. The Labute approximate surface area is 265 Å². The molecule has 46 heavy (non-hydrogen) atoms. The molecule has 16 heteroatoms. The molecule has 5 rings (SSSR count). The van der Waals surface area contributed by atoms with Crippen LogP contribution in [0.2, 0.25) is 0 Å². The number of aliphatic imine (C=N–C) groups is 1. The van der Waals surface area contributed by atoms with Crippen molar-refractivity contribution in [2.45, 2.75) is 26.1 Å². The van der Waals surface area contributed by atoms with E-state index in [1.807, 2.05) is 50.2 Å². The molecule has 0 saturated carbocycles. The first-order valence-electron chi connectivity index (χ1n) is 13.8. The molecule has 0 radical (unpaired) electrons. The molecule has 12 nitrogen and oxygen atoms in total. The van der Waals surface area contributed by atoms with Gasteiger partial charge in [0.1, 0.15) is 18.1 Å². The van der Waals surface area contributed by atoms with Crippen molar-refractivity contribution in [3.05, 3.63) is 72.2 Å². The number of nitrogens with zero attached hydrogens (tertiary/aromatic N) is 8. The Balaban J connectivity index is 1.34. The molecule has 236 valence electrons. The fraction of sp³-hybridized carbons (Fsp3) is 0.233. The molecule has 1 N–H and O–H groups in total. The van der Waals surface area contributed by atoms with Crippen molar-refractivity contribution in [1.82, 2.24) is 19.7 Å². The molecule has 1 aliphatic heterocycles. The minimum atomic E-state index is -4.84. The number of carbonyl (C=O) groups is 2. The number of nitriles is 1. The second-order valence-electron chi connectivity index (χ2n) is 10.1. The van der Waals surface area contributed by atoms with Gasteiger partial charge in [-0.3, -0.25) is 9.69 Å². The van der Waals surface area contributed by atoms with Gasteiger partial charge in [-0.2, -0.15) is 10.3 Å². The standard InChI is InChI=1S/C30H26F3N9O3S/c1-4-5-18-6-8-21(40(2)3)13-24(18)42-26(43)16-46-29(42)38-28(44)37-23-10-7-19(12-20(23)14-34)27-36-17-41(39-27)25-11-9-22(15-35-25)45-30(31,32)33/h6-13,15,17H,4-5,16H2,1-3H3,(H,37,44)/b38-29-. The first-order valence-corrected chi connectivity index (χ1v) is 14.8. The average Bonchev–Trinajstić information content (AvgIpc) is 3.64. The monoisotopic (exact) mass is 649 g/mol. The summed E-state index contributed by atoms with van der Waals surface area (Å²) >= 11 is 1.15. The number of pyridine rings is 1. The van der Waals surface area contributed by atoms with Crippen molar-refractivity contribution in [1.29, 1.82) is 5.26 Å². The normalized spacial score (nSPS) is 14.0. The zero-order chi connectivity index (χ0) is 33.0. The topological polar surface area (TPSA) is 142 Å². The highest BCUT2D eigenvalue weighted by Gasteiger charge is 2.33. The number of urea groups is 1. The maximum absolute atomic E-state index is 13.0. The van der Waals surface area contributed by atoms with Gasteiger partial charge in [-0.25, -0.2) is 19.4 Å². The number of hydrogen-bond acceptors (Lipinski definition) is 9. The van der Waals surface area contributed by atoms with Crippen LogP contribution >= 0.6 is 11.8 Å². The fourth-order valence-electron chi connectivity index (χ4n) is 4.52. The number of alkyl halides is 3. The number of aromatic nitrogens is 4. The molecular weight excluding hydrogens is 623 g/mol. The van der Waals surface area contributed by atoms with Crippen molar-refractivity contribution in [3.8, 4) is 29.0 Å². The Hall–Kier alpha value is -5.43. The zero-order valence-electron chi connectivity index (χ0n) is 24.7. The van der Waals surface area contributed by atoms with Crippen LogP contribution in [0.5, 0.6) is 5.75 Å². The first kappa shape index (κ1) is 32.0. The van der Waals surface area contributed by atoms with E-state index < -0.39 is 18.1 Å². The lowest BCUT2D eigenvalue weighted by atomic mass is 10.1. The van der Waals surface area contributed by atoms with Gasteiger partial charge in [0.2, 0.25) is 5.91 Å². The zero-order valence-corrected chi connectivity index (χ0v) is 25.6. The van der Waals surface area contributed by atoms with E-state index in [4.69, 9.17) is 0 Å².